The Labute approximate surface area is 129 Å². The quantitative estimate of drug-likeness (QED) is 0.929. The molecule has 1 saturated heterocycles. The highest BCUT2D eigenvalue weighted by atomic mass is 35.5. The van der Waals surface area contributed by atoms with Gasteiger partial charge in [0.25, 0.3) is 0 Å². The van der Waals surface area contributed by atoms with Crippen LogP contribution in [0.15, 0.2) is 18.2 Å². The van der Waals surface area contributed by atoms with Gasteiger partial charge in [-0.15, -0.1) is 0 Å². The zero-order chi connectivity index (χ0) is 15.4. The summed E-state index contributed by atoms with van der Waals surface area (Å²) in [6, 6.07) is 4.73. The lowest BCUT2D eigenvalue weighted by Gasteiger charge is -2.24. The maximum absolute atomic E-state index is 12.6. The fourth-order valence-electron chi connectivity index (χ4n) is 2.40. The highest BCUT2D eigenvalue weighted by molar-refractivity contribution is 6.32. The molecular formula is C15H19ClN2O3. The van der Waals surface area contributed by atoms with Crippen LogP contribution in [0.5, 0.6) is 5.75 Å². The number of nitrogens with zero attached hydrogens (tertiary/aromatic N) is 1. The van der Waals surface area contributed by atoms with Gasteiger partial charge in [-0.1, -0.05) is 24.9 Å². The standard InChI is InChI=1S/C15H19ClN2O3/c1-3-4-12-15(20)18(8-7-14(19)17-12)10-5-6-13(21-2)11(16)9-10/h5-6,9,12H,3-4,7-8H2,1-2H3,(H,17,19). The maximum atomic E-state index is 12.6. The van der Waals surface area contributed by atoms with Gasteiger partial charge in [-0.2, -0.15) is 0 Å². The maximum Gasteiger partial charge on any atom is 0.249 e. The number of halogens is 1. The molecule has 0 bridgehead atoms. The van der Waals surface area contributed by atoms with E-state index in [-0.39, 0.29) is 18.2 Å². The number of benzene rings is 1. The van der Waals surface area contributed by atoms with Gasteiger partial charge in [0.15, 0.2) is 0 Å². The smallest absolute Gasteiger partial charge is 0.249 e. The molecule has 1 aliphatic rings. The Bertz CT molecular complexity index is 548. The molecule has 1 N–H and O–H groups in total. The van der Waals surface area contributed by atoms with Crippen LogP contribution < -0.4 is 15.0 Å². The van der Waals surface area contributed by atoms with E-state index in [2.05, 4.69) is 5.32 Å². The van der Waals surface area contributed by atoms with Crippen molar-refractivity contribution in [1.82, 2.24) is 5.32 Å². The Kier molecular flexibility index (Phi) is 5.07. The van der Waals surface area contributed by atoms with Crippen LogP contribution in [0.4, 0.5) is 5.69 Å². The molecule has 1 heterocycles. The van der Waals surface area contributed by atoms with Gasteiger partial charge >= 0.3 is 0 Å². The van der Waals surface area contributed by atoms with Crippen LogP contribution in [0.2, 0.25) is 5.02 Å². The molecule has 1 fully saturated rings. The molecular weight excluding hydrogens is 292 g/mol. The SMILES string of the molecule is CCCC1NC(=O)CCN(c2ccc(OC)c(Cl)c2)C1=O. The molecule has 1 aromatic rings. The first-order valence-electron chi connectivity index (χ1n) is 7.01. The molecule has 1 aromatic carbocycles. The van der Waals surface area contributed by atoms with E-state index >= 15 is 0 Å². The number of methoxy groups -OCH3 is 1. The van der Waals surface area contributed by atoms with E-state index in [0.29, 0.717) is 29.4 Å². The van der Waals surface area contributed by atoms with E-state index in [1.807, 2.05) is 6.92 Å². The third kappa shape index (κ3) is 3.47. The van der Waals surface area contributed by atoms with Crippen molar-refractivity contribution in [2.75, 3.05) is 18.6 Å². The van der Waals surface area contributed by atoms with Crippen LogP contribution in [0.1, 0.15) is 26.2 Å². The fourth-order valence-corrected chi connectivity index (χ4v) is 2.66. The monoisotopic (exact) mass is 310 g/mol. The second-order valence-electron chi connectivity index (χ2n) is 4.97. The molecule has 5 nitrogen and oxygen atoms in total. The Morgan fingerprint density at radius 3 is 2.81 bits per heavy atom. The molecule has 1 aliphatic heterocycles. The molecule has 1 unspecified atom stereocenters. The van der Waals surface area contributed by atoms with Crippen molar-refractivity contribution in [3.8, 4) is 5.75 Å². The van der Waals surface area contributed by atoms with Crippen LogP contribution in [0.3, 0.4) is 0 Å². The van der Waals surface area contributed by atoms with Crippen LogP contribution in [0, 0.1) is 0 Å². The Morgan fingerprint density at radius 1 is 1.43 bits per heavy atom. The first kappa shape index (κ1) is 15.6. The number of carbonyl (C=O) groups is 2. The van der Waals surface area contributed by atoms with E-state index in [9.17, 15) is 9.59 Å². The molecule has 2 amide bonds. The van der Waals surface area contributed by atoms with Crippen molar-refractivity contribution in [3.63, 3.8) is 0 Å². The summed E-state index contributed by atoms with van der Waals surface area (Å²) < 4.78 is 5.11. The summed E-state index contributed by atoms with van der Waals surface area (Å²) in [7, 11) is 1.54. The number of anilines is 1. The van der Waals surface area contributed by atoms with Gasteiger partial charge in [0, 0.05) is 18.7 Å². The number of hydrogen-bond donors (Lipinski definition) is 1. The molecule has 6 heteroatoms. The van der Waals surface area contributed by atoms with Crippen molar-refractivity contribution in [2.24, 2.45) is 0 Å². The molecule has 0 spiro atoms. The summed E-state index contributed by atoms with van der Waals surface area (Å²) in [5.74, 6) is 0.370. The first-order valence-corrected chi connectivity index (χ1v) is 7.39. The summed E-state index contributed by atoms with van der Waals surface area (Å²) >= 11 is 6.12. The molecule has 21 heavy (non-hydrogen) atoms. The van der Waals surface area contributed by atoms with E-state index in [4.69, 9.17) is 16.3 Å². The number of amides is 2. The lowest BCUT2D eigenvalue weighted by molar-refractivity contribution is -0.125. The van der Waals surface area contributed by atoms with Crippen molar-refractivity contribution < 1.29 is 14.3 Å². The van der Waals surface area contributed by atoms with Crippen molar-refractivity contribution in [1.29, 1.82) is 0 Å². The van der Waals surface area contributed by atoms with Crippen LogP contribution in [-0.2, 0) is 9.59 Å². The molecule has 114 valence electrons. The normalized spacial score (nSPS) is 19.2. The highest BCUT2D eigenvalue weighted by Gasteiger charge is 2.30. The molecule has 2 rings (SSSR count). The lowest BCUT2D eigenvalue weighted by Crippen LogP contribution is -2.44. The number of nitrogens with one attached hydrogen (secondary N) is 1. The molecule has 0 saturated carbocycles. The van der Waals surface area contributed by atoms with Crippen LogP contribution in [-0.4, -0.2) is 31.5 Å². The van der Waals surface area contributed by atoms with Gasteiger partial charge in [-0.3, -0.25) is 9.59 Å². The largest absolute Gasteiger partial charge is 0.495 e. The lowest BCUT2D eigenvalue weighted by atomic mass is 10.1. The van der Waals surface area contributed by atoms with Crippen molar-refractivity contribution in [2.45, 2.75) is 32.2 Å². The zero-order valence-electron chi connectivity index (χ0n) is 12.2. The Hall–Kier alpha value is -1.75. The van der Waals surface area contributed by atoms with Crippen LogP contribution >= 0.6 is 11.6 Å². The second-order valence-corrected chi connectivity index (χ2v) is 5.37. The Balaban J connectivity index is 2.30. The number of ether oxygens (including phenoxy) is 1. The van der Waals surface area contributed by atoms with Crippen molar-refractivity contribution in [3.05, 3.63) is 23.2 Å². The number of rotatable bonds is 4. The van der Waals surface area contributed by atoms with E-state index in [0.717, 1.165) is 6.42 Å². The third-order valence-corrected chi connectivity index (χ3v) is 3.78. The molecule has 0 radical (unpaired) electrons. The highest BCUT2D eigenvalue weighted by Crippen LogP contribution is 2.30. The fraction of sp³-hybridized carbons (Fsp3) is 0.467. The summed E-state index contributed by atoms with van der Waals surface area (Å²) in [5.41, 5.74) is 0.684. The van der Waals surface area contributed by atoms with Gasteiger partial charge < -0.3 is 15.0 Å². The zero-order valence-corrected chi connectivity index (χ0v) is 12.9. The number of hydrogen-bond acceptors (Lipinski definition) is 3. The van der Waals surface area contributed by atoms with Gasteiger partial charge in [0.1, 0.15) is 11.8 Å². The average Bonchev–Trinajstić information content (AvgIpc) is 2.59. The number of carbonyl (C=O) groups excluding carboxylic acids is 2. The van der Waals surface area contributed by atoms with Crippen LogP contribution in [0.25, 0.3) is 0 Å². The van der Waals surface area contributed by atoms with Gasteiger partial charge in [0.05, 0.1) is 12.1 Å². The minimum absolute atomic E-state index is 0.0936. The molecule has 0 aliphatic carbocycles. The first-order chi connectivity index (χ1) is 10.1. The van der Waals surface area contributed by atoms with Gasteiger partial charge in [0.2, 0.25) is 11.8 Å². The third-order valence-electron chi connectivity index (χ3n) is 3.49. The van der Waals surface area contributed by atoms with Gasteiger partial charge in [-0.25, -0.2) is 0 Å². The Morgan fingerprint density at radius 2 is 2.19 bits per heavy atom. The van der Waals surface area contributed by atoms with E-state index in [1.165, 1.54) is 7.11 Å². The topological polar surface area (TPSA) is 58.6 Å². The average molecular weight is 311 g/mol. The van der Waals surface area contributed by atoms with E-state index in [1.54, 1.807) is 23.1 Å². The van der Waals surface area contributed by atoms with E-state index < -0.39 is 6.04 Å². The van der Waals surface area contributed by atoms with Gasteiger partial charge in [-0.05, 0) is 24.6 Å². The summed E-state index contributed by atoms with van der Waals surface area (Å²) in [5, 5.41) is 3.22. The second kappa shape index (κ2) is 6.80. The predicted molar refractivity (Wildman–Crippen MR) is 81.8 cm³/mol. The minimum Gasteiger partial charge on any atom is -0.495 e. The summed E-state index contributed by atoms with van der Waals surface area (Å²) in [6.07, 6.45) is 1.74. The molecule has 0 aromatic heterocycles. The minimum atomic E-state index is -0.467. The summed E-state index contributed by atoms with van der Waals surface area (Å²) in [6.45, 7) is 2.34. The summed E-state index contributed by atoms with van der Waals surface area (Å²) in [4.78, 5) is 25.9. The molecule has 1 atom stereocenters. The predicted octanol–water partition coefficient (Wildman–Crippen LogP) is 2.37. The van der Waals surface area contributed by atoms with Crippen molar-refractivity contribution >= 4 is 29.1 Å².